The first-order chi connectivity index (χ1) is 15.2. The zero-order chi connectivity index (χ0) is 21.5. The van der Waals surface area contributed by atoms with Crippen LogP contribution in [0.4, 0.5) is 0 Å². The van der Waals surface area contributed by atoms with Crippen LogP contribution in [0.25, 0.3) is 11.4 Å². The van der Waals surface area contributed by atoms with Crippen LogP contribution in [0, 0.1) is 0 Å². The van der Waals surface area contributed by atoms with E-state index in [0.29, 0.717) is 54.2 Å². The molecule has 0 atom stereocenters. The van der Waals surface area contributed by atoms with Crippen LogP contribution in [0.3, 0.4) is 0 Å². The first kappa shape index (κ1) is 20.7. The van der Waals surface area contributed by atoms with Crippen molar-refractivity contribution in [3.8, 4) is 28.8 Å². The van der Waals surface area contributed by atoms with Crippen molar-refractivity contribution in [2.75, 3.05) is 19.8 Å². The summed E-state index contributed by atoms with van der Waals surface area (Å²) in [6, 6.07) is 5.44. The highest BCUT2D eigenvalue weighted by atomic mass is 16.5. The van der Waals surface area contributed by atoms with Crippen LogP contribution < -0.4 is 14.8 Å². The van der Waals surface area contributed by atoms with Crippen LogP contribution >= 0.6 is 0 Å². The van der Waals surface area contributed by atoms with Gasteiger partial charge in [-0.15, -0.1) is 0 Å². The molecule has 3 aromatic rings. The highest BCUT2D eigenvalue weighted by Crippen LogP contribution is 2.30. The van der Waals surface area contributed by atoms with E-state index in [9.17, 15) is 4.79 Å². The van der Waals surface area contributed by atoms with Crippen molar-refractivity contribution in [2.45, 2.75) is 25.8 Å². The molecule has 1 N–H and O–H groups in total. The molecular formula is C22H23N5O4. The lowest BCUT2D eigenvalue weighted by molar-refractivity contribution is 0.0696. The third-order valence-corrected chi connectivity index (χ3v) is 4.69. The fourth-order valence-corrected chi connectivity index (χ4v) is 3.13. The normalized spacial score (nSPS) is 14.1. The summed E-state index contributed by atoms with van der Waals surface area (Å²) >= 11 is 0. The minimum atomic E-state index is -0.188. The molecule has 9 nitrogen and oxygen atoms in total. The summed E-state index contributed by atoms with van der Waals surface area (Å²) in [5, 5.41) is 3.00. The fraction of sp³-hybridized carbons (Fsp3) is 0.318. The summed E-state index contributed by atoms with van der Waals surface area (Å²) in [4.78, 5) is 29.5. The van der Waals surface area contributed by atoms with Crippen molar-refractivity contribution in [2.24, 2.45) is 0 Å². The Morgan fingerprint density at radius 3 is 2.74 bits per heavy atom. The Balaban J connectivity index is 1.46. The summed E-state index contributed by atoms with van der Waals surface area (Å²) in [5.74, 6) is 1.62. The zero-order valence-electron chi connectivity index (χ0n) is 17.2. The number of hydrogen-bond donors (Lipinski definition) is 1. The first-order valence-electron chi connectivity index (χ1n) is 10.1. The largest absolute Gasteiger partial charge is 0.488 e. The molecule has 1 aliphatic heterocycles. The molecule has 0 unspecified atom stereocenters. The van der Waals surface area contributed by atoms with E-state index < -0.39 is 0 Å². The standard InChI is InChI=1S/C22H23N5O4/c1-2-30-19-4-3-7-24-22(19)31-18-10-15(11-23-14-18)20-25-12-16(13-26-20)21(28)27-17-5-8-29-9-6-17/h3-4,7,10-14,17H,2,5-6,8-9H2,1H3,(H,27,28). The second-order valence-electron chi connectivity index (χ2n) is 6.91. The average Bonchev–Trinajstić information content (AvgIpc) is 2.81. The molecule has 1 amide bonds. The lowest BCUT2D eigenvalue weighted by Crippen LogP contribution is -2.38. The summed E-state index contributed by atoms with van der Waals surface area (Å²) in [5.41, 5.74) is 1.06. The van der Waals surface area contributed by atoms with E-state index in [2.05, 4.69) is 25.3 Å². The van der Waals surface area contributed by atoms with Crippen molar-refractivity contribution < 1.29 is 19.0 Å². The number of carbonyl (C=O) groups is 1. The molecule has 0 radical (unpaired) electrons. The SMILES string of the molecule is CCOc1cccnc1Oc1cncc(-c2ncc(C(=O)NC3CCOCC3)cn2)c1. The van der Waals surface area contributed by atoms with E-state index in [4.69, 9.17) is 14.2 Å². The molecule has 160 valence electrons. The summed E-state index contributed by atoms with van der Waals surface area (Å²) in [7, 11) is 0. The number of amides is 1. The molecular weight excluding hydrogens is 398 g/mol. The van der Waals surface area contributed by atoms with Gasteiger partial charge >= 0.3 is 0 Å². The Hall–Kier alpha value is -3.59. The number of nitrogens with zero attached hydrogens (tertiary/aromatic N) is 4. The van der Waals surface area contributed by atoms with E-state index in [-0.39, 0.29) is 11.9 Å². The summed E-state index contributed by atoms with van der Waals surface area (Å²) in [6.07, 6.45) is 9.47. The highest BCUT2D eigenvalue weighted by Gasteiger charge is 2.18. The first-order valence-corrected chi connectivity index (χ1v) is 10.1. The second-order valence-corrected chi connectivity index (χ2v) is 6.91. The lowest BCUT2D eigenvalue weighted by Gasteiger charge is -2.22. The van der Waals surface area contributed by atoms with Crippen LogP contribution in [-0.2, 0) is 4.74 Å². The maximum atomic E-state index is 12.4. The quantitative estimate of drug-likeness (QED) is 0.620. The lowest BCUT2D eigenvalue weighted by atomic mass is 10.1. The van der Waals surface area contributed by atoms with Crippen LogP contribution in [0.5, 0.6) is 17.4 Å². The third-order valence-electron chi connectivity index (χ3n) is 4.69. The maximum Gasteiger partial charge on any atom is 0.262 e. The Morgan fingerprint density at radius 2 is 1.97 bits per heavy atom. The molecule has 3 aromatic heterocycles. The minimum Gasteiger partial charge on any atom is -0.488 e. The van der Waals surface area contributed by atoms with Gasteiger partial charge in [0.1, 0.15) is 5.75 Å². The molecule has 4 rings (SSSR count). The van der Waals surface area contributed by atoms with Crippen molar-refractivity contribution in [3.05, 3.63) is 54.7 Å². The van der Waals surface area contributed by atoms with Gasteiger partial charge in [0, 0.05) is 49.6 Å². The monoisotopic (exact) mass is 421 g/mol. The smallest absolute Gasteiger partial charge is 0.262 e. The van der Waals surface area contributed by atoms with Gasteiger partial charge in [-0.05, 0) is 38.0 Å². The summed E-state index contributed by atoms with van der Waals surface area (Å²) in [6.45, 7) is 3.72. The predicted molar refractivity (Wildman–Crippen MR) is 112 cm³/mol. The molecule has 1 saturated heterocycles. The van der Waals surface area contributed by atoms with Gasteiger partial charge in [-0.1, -0.05) is 0 Å². The van der Waals surface area contributed by atoms with Crippen LogP contribution in [0.15, 0.2) is 49.2 Å². The van der Waals surface area contributed by atoms with E-state index >= 15 is 0 Å². The number of carbonyl (C=O) groups excluding carboxylic acids is 1. The molecule has 0 bridgehead atoms. The molecule has 9 heteroatoms. The summed E-state index contributed by atoms with van der Waals surface area (Å²) < 4.78 is 16.7. The predicted octanol–water partition coefficient (Wildman–Crippen LogP) is 3.03. The molecule has 4 heterocycles. The number of aromatic nitrogens is 4. The zero-order valence-corrected chi connectivity index (χ0v) is 17.2. The van der Waals surface area contributed by atoms with Gasteiger partial charge in [0.15, 0.2) is 11.6 Å². The van der Waals surface area contributed by atoms with Gasteiger partial charge in [-0.2, -0.15) is 0 Å². The molecule has 0 spiro atoms. The topological polar surface area (TPSA) is 108 Å². The minimum absolute atomic E-state index is 0.118. The van der Waals surface area contributed by atoms with Crippen molar-refractivity contribution in [3.63, 3.8) is 0 Å². The van der Waals surface area contributed by atoms with Crippen molar-refractivity contribution >= 4 is 5.91 Å². The number of pyridine rings is 2. The van der Waals surface area contributed by atoms with Crippen molar-refractivity contribution in [1.82, 2.24) is 25.3 Å². The number of ether oxygens (including phenoxy) is 3. The van der Waals surface area contributed by atoms with Crippen LogP contribution in [-0.4, -0.2) is 51.7 Å². The van der Waals surface area contributed by atoms with Crippen molar-refractivity contribution in [1.29, 1.82) is 0 Å². The van der Waals surface area contributed by atoms with E-state index in [1.54, 1.807) is 36.8 Å². The molecule has 0 saturated carbocycles. The molecule has 0 aromatic carbocycles. The maximum absolute atomic E-state index is 12.4. The van der Waals surface area contributed by atoms with Gasteiger partial charge in [-0.25, -0.2) is 15.0 Å². The Morgan fingerprint density at radius 1 is 1.16 bits per heavy atom. The molecule has 0 aliphatic carbocycles. The number of nitrogens with one attached hydrogen (secondary N) is 1. The fourth-order valence-electron chi connectivity index (χ4n) is 3.13. The van der Waals surface area contributed by atoms with Gasteiger partial charge in [-0.3, -0.25) is 9.78 Å². The van der Waals surface area contributed by atoms with E-state index in [0.717, 1.165) is 12.8 Å². The van der Waals surface area contributed by atoms with E-state index in [1.807, 2.05) is 6.92 Å². The van der Waals surface area contributed by atoms with Gasteiger partial charge in [0.05, 0.1) is 18.4 Å². The third kappa shape index (κ3) is 5.32. The molecule has 31 heavy (non-hydrogen) atoms. The molecule has 1 fully saturated rings. The van der Waals surface area contributed by atoms with E-state index in [1.165, 1.54) is 12.4 Å². The Labute approximate surface area is 179 Å². The van der Waals surface area contributed by atoms with Crippen LogP contribution in [0.1, 0.15) is 30.1 Å². The Kier molecular flexibility index (Phi) is 6.63. The van der Waals surface area contributed by atoms with Gasteiger partial charge < -0.3 is 19.5 Å². The highest BCUT2D eigenvalue weighted by molar-refractivity contribution is 5.93. The molecule has 1 aliphatic rings. The number of hydrogen-bond acceptors (Lipinski definition) is 8. The van der Waals surface area contributed by atoms with Gasteiger partial charge in [0.25, 0.3) is 11.8 Å². The van der Waals surface area contributed by atoms with Crippen LogP contribution in [0.2, 0.25) is 0 Å². The number of rotatable bonds is 7. The second kappa shape index (κ2) is 9.94. The average molecular weight is 421 g/mol. The van der Waals surface area contributed by atoms with Gasteiger partial charge in [0.2, 0.25) is 0 Å². The Bertz CT molecular complexity index is 1020.